The van der Waals surface area contributed by atoms with Gasteiger partial charge in [-0.2, -0.15) is 18.2 Å². The Morgan fingerprint density at radius 3 is 2.18 bits per heavy atom. The number of nitrogens with zero attached hydrogens (tertiary/aromatic N) is 4. The summed E-state index contributed by atoms with van der Waals surface area (Å²) in [5, 5.41) is 7.12. The number of carboxylic acid groups (broad SMARTS) is 1. The van der Waals surface area contributed by atoms with E-state index in [9.17, 15) is 18.0 Å². The van der Waals surface area contributed by atoms with Crippen LogP contribution in [-0.4, -0.2) is 47.4 Å². The maximum Gasteiger partial charge on any atom is 0.490 e. The van der Waals surface area contributed by atoms with E-state index in [4.69, 9.17) is 9.90 Å². The van der Waals surface area contributed by atoms with Crippen molar-refractivity contribution in [2.45, 2.75) is 6.18 Å². The smallest absolute Gasteiger partial charge is 0.475 e. The number of halogens is 3. The molecule has 90 valence electrons. The van der Waals surface area contributed by atoms with Crippen molar-refractivity contribution in [1.82, 2.24) is 0 Å². The first-order valence-corrected chi connectivity index (χ1v) is 3.88. The lowest BCUT2D eigenvalue weighted by molar-refractivity contribution is -0.192. The van der Waals surface area contributed by atoms with Crippen LogP contribution in [0.3, 0.4) is 0 Å². The van der Waals surface area contributed by atoms with Gasteiger partial charge in [-0.05, 0) is 0 Å². The van der Waals surface area contributed by atoms with Gasteiger partial charge in [-0.1, -0.05) is 0 Å². The summed E-state index contributed by atoms with van der Waals surface area (Å²) >= 11 is 0. The fourth-order valence-corrected chi connectivity index (χ4v) is 0.703. The largest absolute Gasteiger partial charge is 0.490 e. The summed E-state index contributed by atoms with van der Waals surface area (Å²) < 4.78 is 31.7. The Hall–Kier alpha value is -2.39. The number of rotatable bonds is 0. The molecule has 0 radical (unpaired) electrons. The van der Waals surface area contributed by atoms with Crippen LogP contribution < -0.4 is 0 Å². The number of carbonyl (C=O) groups excluding carboxylic acids is 1. The average molecular weight is 248 g/mol. The van der Waals surface area contributed by atoms with Gasteiger partial charge >= 0.3 is 18.1 Å². The standard InChI is InChI=1S/C5H2N4O.C2HF3O2/c10-5-3-4(7-1-6-3)8-2-9-5;3-2(4,5)1(6)7/h1-2H;(H,6,7). The SMILES string of the molecule is O=C(O)C(F)(F)F.O=C1N=CN=C2N=CN=C12. The number of carboxylic acids is 1. The molecule has 0 atom stereocenters. The summed E-state index contributed by atoms with van der Waals surface area (Å²) in [6.07, 6.45) is -2.61. The van der Waals surface area contributed by atoms with Crippen LogP contribution in [0.2, 0.25) is 0 Å². The topological polar surface area (TPSA) is 104 Å². The van der Waals surface area contributed by atoms with Crippen molar-refractivity contribution in [2.24, 2.45) is 20.0 Å². The molecule has 2 heterocycles. The molecule has 0 bridgehead atoms. The number of hydrogen-bond donors (Lipinski definition) is 1. The van der Waals surface area contributed by atoms with E-state index < -0.39 is 12.1 Å². The summed E-state index contributed by atoms with van der Waals surface area (Å²) in [6.45, 7) is 0. The van der Waals surface area contributed by atoms with Gasteiger partial charge < -0.3 is 5.11 Å². The van der Waals surface area contributed by atoms with Crippen molar-refractivity contribution >= 4 is 36.1 Å². The highest BCUT2D eigenvalue weighted by atomic mass is 19.4. The van der Waals surface area contributed by atoms with Crippen molar-refractivity contribution in [3.8, 4) is 0 Å². The van der Waals surface area contributed by atoms with Crippen LogP contribution in [-0.2, 0) is 9.59 Å². The first-order valence-electron chi connectivity index (χ1n) is 3.88. The maximum atomic E-state index is 10.8. The highest BCUT2D eigenvalue weighted by molar-refractivity contribution is 6.70. The van der Waals surface area contributed by atoms with Crippen molar-refractivity contribution in [1.29, 1.82) is 0 Å². The Morgan fingerprint density at radius 2 is 1.71 bits per heavy atom. The number of aliphatic carboxylic acids is 1. The Labute approximate surface area is 91.1 Å². The van der Waals surface area contributed by atoms with Gasteiger partial charge in [0.1, 0.15) is 12.7 Å². The molecule has 1 amide bonds. The Bertz CT molecular complexity index is 469. The second kappa shape index (κ2) is 4.63. The Balaban J connectivity index is 0.000000185. The molecule has 0 spiro atoms. The minimum Gasteiger partial charge on any atom is -0.475 e. The molecule has 0 saturated carbocycles. The fraction of sp³-hybridized carbons (Fsp3) is 0.143. The highest BCUT2D eigenvalue weighted by Gasteiger charge is 2.38. The van der Waals surface area contributed by atoms with Crippen LogP contribution in [0.5, 0.6) is 0 Å². The van der Waals surface area contributed by atoms with Gasteiger partial charge in [0, 0.05) is 0 Å². The number of alkyl halides is 3. The molecule has 0 aromatic heterocycles. The number of fused-ring (bicyclic) bond motifs is 1. The van der Waals surface area contributed by atoms with Crippen molar-refractivity contribution < 1.29 is 27.9 Å². The second-order valence-electron chi connectivity index (χ2n) is 2.53. The van der Waals surface area contributed by atoms with Gasteiger partial charge in [-0.15, -0.1) is 0 Å². The normalized spacial score (nSPS) is 16.8. The number of aliphatic imine (C=N–C) groups is 4. The van der Waals surface area contributed by atoms with Crippen LogP contribution in [0, 0.1) is 0 Å². The molecular weight excluding hydrogens is 245 g/mol. The summed E-state index contributed by atoms with van der Waals surface area (Å²) in [6, 6.07) is 0. The predicted octanol–water partition coefficient (Wildman–Crippen LogP) is 0.0696. The molecule has 10 heteroatoms. The zero-order valence-electron chi connectivity index (χ0n) is 7.84. The van der Waals surface area contributed by atoms with E-state index in [0.717, 1.165) is 0 Å². The molecule has 2 aliphatic heterocycles. The van der Waals surface area contributed by atoms with Gasteiger partial charge in [-0.3, -0.25) is 4.79 Å². The van der Waals surface area contributed by atoms with Crippen molar-refractivity contribution in [3.63, 3.8) is 0 Å². The minimum absolute atomic E-state index is 0.238. The van der Waals surface area contributed by atoms with Gasteiger partial charge in [-0.25, -0.2) is 19.8 Å². The predicted molar refractivity (Wildman–Crippen MR) is 50.6 cm³/mol. The summed E-state index contributed by atoms with van der Waals surface area (Å²) in [5.41, 5.74) is 0.238. The minimum atomic E-state index is -5.08. The van der Waals surface area contributed by atoms with Gasteiger partial charge in [0.05, 0.1) is 0 Å². The lowest BCUT2D eigenvalue weighted by Crippen LogP contribution is -2.21. The molecule has 0 saturated heterocycles. The van der Waals surface area contributed by atoms with Gasteiger partial charge in [0.25, 0.3) is 0 Å². The molecule has 2 rings (SSSR count). The van der Waals surface area contributed by atoms with E-state index in [1.54, 1.807) is 0 Å². The molecule has 0 aliphatic carbocycles. The monoisotopic (exact) mass is 248 g/mol. The number of carbonyl (C=O) groups is 2. The second-order valence-corrected chi connectivity index (χ2v) is 2.53. The Kier molecular flexibility index (Phi) is 3.46. The van der Waals surface area contributed by atoms with E-state index in [2.05, 4.69) is 20.0 Å². The van der Waals surface area contributed by atoms with Crippen molar-refractivity contribution in [2.75, 3.05) is 0 Å². The zero-order chi connectivity index (χ0) is 13.1. The maximum absolute atomic E-state index is 10.8. The third-order valence-electron chi connectivity index (χ3n) is 1.38. The first-order chi connectivity index (χ1) is 7.82. The van der Waals surface area contributed by atoms with Gasteiger partial charge in [0.2, 0.25) is 0 Å². The van der Waals surface area contributed by atoms with E-state index in [1.165, 1.54) is 12.7 Å². The molecule has 2 aliphatic rings. The fourth-order valence-electron chi connectivity index (χ4n) is 0.703. The Morgan fingerprint density at radius 1 is 1.18 bits per heavy atom. The van der Waals surface area contributed by atoms with E-state index in [0.29, 0.717) is 5.84 Å². The average Bonchev–Trinajstić information content (AvgIpc) is 2.66. The van der Waals surface area contributed by atoms with Crippen LogP contribution in [0.1, 0.15) is 0 Å². The third-order valence-corrected chi connectivity index (χ3v) is 1.38. The molecule has 1 N–H and O–H groups in total. The van der Waals surface area contributed by atoms with E-state index in [-0.39, 0.29) is 11.6 Å². The van der Waals surface area contributed by atoms with Crippen molar-refractivity contribution in [3.05, 3.63) is 0 Å². The number of amidine groups is 1. The molecule has 17 heavy (non-hydrogen) atoms. The number of hydrogen-bond acceptors (Lipinski definition) is 5. The molecule has 0 aromatic rings. The third kappa shape index (κ3) is 3.29. The molecular formula is C7H3F3N4O3. The number of amides is 1. The summed E-state index contributed by atoms with van der Waals surface area (Å²) in [7, 11) is 0. The molecule has 0 unspecified atom stereocenters. The molecule has 7 nitrogen and oxygen atoms in total. The zero-order valence-corrected chi connectivity index (χ0v) is 7.84. The summed E-state index contributed by atoms with van der Waals surface area (Å²) in [5.74, 6) is -2.77. The molecule has 0 aromatic carbocycles. The summed E-state index contributed by atoms with van der Waals surface area (Å²) in [4.78, 5) is 34.2. The van der Waals surface area contributed by atoms with Crippen LogP contribution in [0.15, 0.2) is 20.0 Å². The lowest BCUT2D eigenvalue weighted by atomic mass is 10.3. The highest BCUT2D eigenvalue weighted by Crippen LogP contribution is 2.13. The van der Waals surface area contributed by atoms with E-state index in [1.807, 2.05) is 0 Å². The van der Waals surface area contributed by atoms with Crippen LogP contribution in [0.4, 0.5) is 13.2 Å². The quantitative estimate of drug-likeness (QED) is 0.655. The molecule has 0 fully saturated rings. The lowest BCUT2D eigenvalue weighted by Gasteiger charge is -1.96. The van der Waals surface area contributed by atoms with Crippen LogP contribution in [0.25, 0.3) is 0 Å². The first kappa shape index (κ1) is 12.7. The van der Waals surface area contributed by atoms with Crippen LogP contribution >= 0.6 is 0 Å². The van der Waals surface area contributed by atoms with E-state index >= 15 is 0 Å². The van der Waals surface area contributed by atoms with Gasteiger partial charge in [0.15, 0.2) is 11.5 Å².